The molecule has 0 saturated carbocycles. The maximum atomic E-state index is 12.7. The number of hydrogen-bond acceptors (Lipinski definition) is 4. The molecule has 3 aromatic rings. The number of carbonyl (C=O) groups is 1. The first-order valence-corrected chi connectivity index (χ1v) is 8.93. The predicted molar refractivity (Wildman–Crippen MR) is 102 cm³/mol. The first-order valence-electron chi connectivity index (χ1n) is 8.93. The first kappa shape index (κ1) is 17.1. The molecular weight excluding hydrogens is 342 g/mol. The summed E-state index contributed by atoms with van der Waals surface area (Å²) in [5.74, 6) is 0.525. The molecule has 0 radical (unpaired) electrons. The van der Waals surface area contributed by atoms with Crippen LogP contribution < -0.4 is 14.8 Å². The van der Waals surface area contributed by atoms with Crippen molar-refractivity contribution in [2.24, 2.45) is 0 Å². The topological polar surface area (TPSA) is 65.4 Å². The largest absolute Gasteiger partial charge is 0.449 e. The van der Waals surface area contributed by atoms with Gasteiger partial charge in [-0.2, -0.15) is 0 Å². The van der Waals surface area contributed by atoms with Crippen LogP contribution in [-0.2, 0) is 6.54 Å². The van der Waals surface area contributed by atoms with Crippen LogP contribution in [0.15, 0.2) is 61.2 Å². The second-order valence-corrected chi connectivity index (χ2v) is 6.74. The van der Waals surface area contributed by atoms with Crippen molar-refractivity contribution < 1.29 is 14.3 Å². The molecule has 6 heteroatoms. The van der Waals surface area contributed by atoms with Gasteiger partial charge in [0, 0.05) is 49.6 Å². The number of benzene rings is 2. The van der Waals surface area contributed by atoms with E-state index in [1.54, 1.807) is 24.7 Å². The Morgan fingerprint density at radius 2 is 2.04 bits per heavy atom. The summed E-state index contributed by atoms with van der Waals surface area (Å²) in [6, 6.07) is 13.0. The standard InChI is InChI=1S/C21H21N3O3/c1-3-21(2)26-18-8-7-17(12-19(18)27-21)23-20(25)16-6-4-5-15(11-16)13-24-10-9-22-14-24/h4-12,14H,3,13H2,1-2H3,(H,23,25). The second kappa shape index (κ2) is 6.79. The number of anilines is 1. The van der Waals surface area contributed by atoms with Crippen molar-refractivity contribution in [1.29, 1.82) is 0 Å². The Balaban J connectivity index is 1.48. The van der Waals surface area contributed by atoms with Crippen molar-refractivity contribution in [3.63, 3.8) is 0 Å². The van der Waals surface area contributed by atoms with Crippen molar-refractivity contribution in [2.45, 2.75) is 32.6 Å². The summed E-state index contributed by atoms with van der Waals surface area (Å²) in [6.45, 7) is 4.57. The zero-order valence-electron chi connectivity index (χ0n) is 15.3. The molecule has 0 spiro atoms. The van der Waals surface area contributed by atoms with Gasteiger partial charge in [-0.05, 0) is 29.8 Å². The highest BCUT2D eigenvalue weighted by Crippen LogP contribution is 2.42. The minimum Gasteiger partial charge on any atom is -0.449 e. The number of fused-ring (bicyclic) bond motifs is 1. The predicted octanol–water partition coefficient (Wildman–Crippen LogP) is 4.08. The first-order chi connectivity index (χ1) is 13.0. The van der Waals surface area contributed by atoms with E-state index in [1.807, 2.05) is 54.9 Å². The molecule has 1 aliphatic rings. The minimum absolute atomic E-state index is 0.167. The molecule has 1 aromatic heterocycles. The molecule has 2 aromatic carbocycles. The van der Waals surface area contributed by atoms with E-state index in [4.69, 9.17) is 9.47 Å². The summed E-state index contributed by atoms with van der Waals surface area (Å²) >= 11 is 0. The zero-order valence-corrected chi connectivity index (χ0v) is 15.3. The molecule has 0 fully saturated rings. The van der Waals surface area contributed by atoms with Crippen LogP contribution in [0.4, 0.5) is 5.69 Å². The Bertz CT molecular complexity index is 969. The molecule has 4 rings (SSSR count). The number of nitrogens with zero attached hydrogens (tertiary/aromatic N) is 2. The second-order valence-electron chi connectivity index (χ2n) is 6.74. The van der Waals surface area contributed by atoms with Gasteiger partial charge in [0.05, 0.1) is 6.33 Å². The number of nitrogens with one attached hydrogen (secondary N) is 1. The third kappa shape index (κ3) is 3.65. The lowest BCUT2D eigenvalue weighted by Crippen LogP contribution is -2.33. The van der Waals surface area contributed by atoms with Crippen LogP contribution in [0.25, 0.3) is 0 Å². The molecule has 1 aliphatic heterocycles. The van der Waals surface area contributed by atoms with Crippen molar-refractivity contribution in [3.8, 4) is 11.5 Å². The molecule has 1 atom stereocenters. The lowest BCUT2D eigenvalue weighted by molar-refractivity contribution is -0.0640. The summed E-state index contributed by atoms with van der Waals surface area (Å²) in [5, 5.41) is 2.93. The van der Waals surface area contributed by atoms with Crippen LogP contribution in [-0.4, -0.2) is 21.2 Å². The van der Waals surface area contributed by atoms with E-state index in [-0.39, 0.29) is 5.91 Å². The molecule has 2 heterocycles. The maximum Gasteiger partial charge on any atom is 0.255 e. The fourth-order valence-corrected chi connectivity index (χ4v) is 2.99. The average molecular weight is 363 g/mol. The van der Waals surface area contributed by atoms with E-state index in [0.29, 0.717) is 29.3 Å². The van der Waals surface area contributed by atoms with Crippen LogP contribution in [0.3, 0.4) is 0 Å². The van der Waals surface area contributed by atoms with Gasteiger partial charge >= 0.3 is 0 Å². The van der Waals surface area contributed by atoms with Crippen molar-refractivity contribution in [3.05, 3.63) is 72.3 Å². The van der Waals surface area contributed by atoms with E-state index in [0.717, 1.165) is 12.0 Å². The number of carbonyl (C=O) groups excluding carboxylic acids is 1. The summed E-state index contributed by atoms with van der Waals surface area (Å²) < 4.78 is 13.6. The lowest BCUT2D eigenvalue weighted by Gasteiger charge is -2.20. The number of hydrogen-bond donors (Lipinski definition) is 1. The fraction of sp³-hybridized carbons (Fsp3) is 0.238. The van der Waals surface area contributed by atoms with E-state index in [2.05, 4.69) is 10.3 Å². The average Bonchev–Trinajstić information content (AvgIpc) is 3.29. The Morgan fingerprint density at radius 1 is 1.19 bits per heavy atom. The molecule has 1 amide bonds. The monoisotopic (exact) mass is 363 g/mol. The summed E-state index contributed by atoms with van der Waals surface area (Å²) in [6.07, 6.45) is 6.11. The lowest BCUT2D eigenvalue weighted by atomic mass is 10.1. The Kier molecular flexibility index (Phi) is 4.32. The Hall–Kier alpha value is -3.28. The van der Waals surface area contributed by atoms with Crippen LogP contribution in [0.1, 0.15) is 36.2 Å². The van der Waals surface area contributed by atoms with Gasteiger partial charge in [0.15, 0.2) is 11.5 Å². The summed E-state index contributed by atoms with van der Waals surface area (Å²) in [4.78, 5) is 16.7. The van der Waals surface area contributed by atoms with Crippen LogP contribution in [0.5, 0.6) is 11.5 Å². The van der Waals surface area contributed by atoms with Gasteiger partial charge in [-0.1, -0.05) is 19.1 Å². The van der Waals surface area contributed by atoms with Crippen molar-refractivity contribution in [1.82, 2.24) is 9.55 Å². The molecule has 0 bridgehead atoms. The summed E-state index contributed by atoms with van der Waals surface area (Å²) in [5.41, 5.74) is 2.30. The van der Waals surface area contributed by atoms with Crippen LogP contribution >= 0.6 is 0 Å². The molecule has 1 N–H and O–H groups in total. The van der Waals surface area contributed by atoms with E-state index in [9.17, 15) is 4.79 Å². The highest BCUT2D eigenvalue weighted by atomic mass is 16.7. The number of rotatable bonds is 5. The van der Waals surface area contributed by atoms with Gasteiger partial charge in [0.2, 0.25) is 5.79 Å². The Labute approximate surface area is 157 Å². The van der Waals surface area contributed by atoms with E-state index >= 15 is 0 Å². The van der Waals surface area contributed by atoms with Gasteiger partial charge in [0.25, 0.3) is 5.91 Å². The third-order valence-electron chi connectivity index (χ3n) is 4.61. The van der Waals surface area contributed by atoms with Gasteiger partial charge in [-0.15, -0.1) is 0 Å². The number of imidazole rings is 1. The van der Waals surface area contributed by atoms with Gasteiger partial charge in [0.1, 0.15) is 0 Å². The summed E-state index contributed by atoms with van der Waals surface area (Å²) in [7, 11) is 0. The molecule has 0 aliphatic carbocycles. The molecule has 138 valence electrons. The van der Waals surface area contributed by atoms with Crippen molar-refractivity contribution in [2.75, 3.05) is 5.32 Å². The molecule has 0 saturated heterocycles. The van der Waals surface area contributed by atoms with Gasteiger partial charge in [-0.25, -0.2) is 4.98 Å². The van der Waals surface area contributed by atoms with E-state index < -0.39 is 5.79 Å². The van der Waals surface area contributed by atoms with Gasteiger partial charge < -0.3 is 19.4 Å². The number of amides is 1. The molecule has 6 nitrogen and oxygen atoms in total. The van der Waals surface area contributed by atoms with Crippen LogP contribution in [0, 0.1) is 0 Å². The smallest absolute Gasteiger partial charge is 0.255 e. The maximum absolute atomic E-state index is 12.7. The Morgan fingerprint density at radius 3 is 2.81 bits per heavy atom. The number of ether oxygens (including phenoxy) is 2. The highest BCUT2D eigenvalue weighted by Gasteiger charge is 2.35. The quantitative estimate of drug-likeness (QED) is 0.742. The fourth-order valence-electron chi connectivity index (χ4n) is 2.99. The molecular formula is C21H21N3O3. The normalized spacial score (nSPS) is 17.7. The van der Waals surface area contributed by atoms with Gasteiger partial charge in [-0.3, -0.25) is 4.79 Å². The molecule has 27 heavy (non-hydrogen) atoms. The minimum atomic E-state index is -0.646. The zero-order chi connectivity index (χ0) is 18.9. The SMILES string of the molecule is CCC1(C)Oc2ccc(NC(=O)c3cccc(Cn4ccnc4)c3)cc2O1. The number of aromatic nitrogens is 2. The van der Waals surface area contributed by atoms with Crippen molar-refractivity contribution >= 4 is 11.6 Å². The third-order valence-corrected chi connectivity index (χ3v) is 4.61. The highest BCUT2D eigenvalue weighted by molar-refractivity contribution is 6.04. The van der Waals surface area contributed by atoms with Crippen LogP contribution in [0.2, 0.25) is 0 Å². The molecule has 1 unspecified atom stereocenters. The van der Waals surface area contributed by atoms with E-state index in [1.165, 1.54) is 0 Å².